The van der Waals surface area contributed by atoms with E-state index in [4.69, 9.17) is 10.8 Å². The highest BCUT2D eigenvalue weighted by Crippen LogP contribution is 2.36. The van der Waals surface area contributed by atoms with E-state index in [1.54, 1.807) is 0 Å². The van der Waals surface area contributed by atoms with Gasteiger partial charge in [0.15, 0.2) is 0 Å². The van der Waals surface area contributed by atoms with Crippen molar-refractivity contribution in [2.75, 3.05) is 0 Å². The van der Waals surface area contributed by atoms with E-state index in [1.807, 2.05) is 19.1 Å². The Morgan fingerprint density at radius 2 is 2.27 bits per heavy atom. The zero-order valence-electron chi connectivity index (χ0n) is 6.58. The average molecular weight is 155 g/mol. The zero-order valence-corrected chi connectivity index (χ0v) is 6.58. The van der Waals surface area contributed by atoms with Crippen molar-refractivity contribution in [2.45, 2.75) is 25.3 Å². The van der Waals surface area contributed by atoms with E-state index in [-0.39, 0.29) is 0 Å². The molecule has 62 valence electrons. The quantitative estimate of drug-likeness (QED) is 0.578. The van der Waals surface area contributed by atoms with E-state index in [9.17, 15) is 4.79 Å². The third-order valence-corrected chi connectivity index (χ3v) is 2.14. The van der Waals surface area contributed by atoms with Crippen LogP contribution < -0.4 is 5.73 Å². The molecule has 1 fully saturated rings. The van der Waals surface area contributed by atoms with Gasteiger partial charge in [0.25, 0.3) is 0 Å². The SMILES string of the molecule is C/C=C/C1CC(N)(C(=O)O)C1. The van der Waals surface area contributed by atoms with Gasteiger partial charge < -0.3 is 10.8 Å². The minimum absolute atomic E-state index is 0.376. The number of aliphatic carboxylic acids is 1. The molecule has 0 heterocycles. The lowest BCUT2D eigenvalue weighted by Gasteiger charge is -2.39. The molecular weight excluding hydrogens is 142 g/mol. The minimum atomic E-state index is -0.940. The first kappa shape index (κ1) is 8.27. The highest BCUT2D eigenvalue weighted by atomic mass is 16.4. The lowest BCUT2D eigenvalue weighted by molar-refractivity contribution is -0.148. The minimum Gasteiger partial charge on any atom is -0.480 e. The summed E-state index contributed by atoms with van der Waals surface area (Å²) in [7, 11) is 0. The van der Waals surface area contributed by atoms with Crippen LogP contribution in [0.2, 0.25) is 0 Å². The highest BCUT2D eigenvalue weighted by molar-refractivity contribution is 5.79. The van der Waals surface area contributed by atoms with Gasteiger partial charge in [0.05, 0.1) is 0 Å². The molecule has 0 aromatic carbocycles. The maximum absolute atomic E-state index is 10.5. The summed E-state index contributed by atoms with van der Waals surface area (Å²) in [5.74, 6) is -0.501. The monoisotopic (exact) mass is 155 g/mol. The van der Waals surface area contributed by atoms with Gasteiger partial charge in [-0.05, 0) is 25.7 Å². The maximum Gasteiger partial charge on any atom is 0.323 e. The number of allylic oxidation sites excluding steroid dienone is 2. The third-order valence-electron chi connectivity index (χ3n) is 2.14. The fourth-order valence-electron chi connectivity index (χ4n) is 1.46. The molecule has 0 aliphatic heterocycles. The van der Waals surface area contributed by atoms with E-state index in [1.165, 1.54) is 0 Å². The maximum atomic E-state index is 10.5. The Labute approximate surface area is 65.9 Å². The number of hydrogen-bond acceptors (Lipinski definition) is 2. The van der Waals surface area contributed by atoms with Crippen LogP contribution in [0.3, 0.4) is 0 Å². The number of nitrogens with two attached hydrogens (primary N) is 1. The van der Waals surface area contributed by atoms with Crippen molar-refractivity contribution in [1.29, 1.82) is 0 Å². The van der Waals surface area contributed by atoms with Crippen LogP contribution in [0.15, 0.2) is 12.2 Å². The summed E-state index contributed by atoms with van der Waals surface area (Å²) in [5, 5.41) is 8.63. The molecule has 0 bridgehead atoms. The molecule has 0 saturated heterocycles. The molecule has 3 N–H and O–H groups in total. The molecule has 0 aromatic heterocycles. The molecule has 0 radical (unpaired) electrons. The Kier molecular flexibility index (Phi) is 2.00. The number of hydrogen-bond donors (Lipinski definition) is 2. The smallest absolute Gasteiger partial charge is 0.323 e. The van der Waals surface area contributed by atoms with Crippen LogP contribution >= 0.6 is 0 Å². The van der Waals surface area contributed by atoms with Crippen molar-refractivity contribution in [2.24, 2.45) is 11.7 Å². The number of carboxylic acid groups (broad SMARTS) is 1. The normalized spacial score (nSPS) is 37.1. The predicted octanol–water partition coefficient (Wildman–Crippen LogP) is 0.755. The van der Waals surface area contributed by atoms with Gasteiger partial charge in [-0.15, -0.1) is 0 Å². The first-order valence-electron chi connectivity index (χ1n) is 3.73. The summed E-state index contributed by atoms with van der Waals surface area (Å²) in [6.45, 7) is 1.93. The summed E-state index contributed by atoms with van der Waals surface area (Å²) in [6, 6.07) is 0. The zero-order chi connectivity index (χ0) is 8.48. The number of rotatable bonds is 2. The Morgan fingerprint density at radius 1 is 1.73 bits per heavy atom. The topological polar surface area (TPSA) is 63.3 Å². The molecule has 0 atom stereocenters. The van der Waals surface area contributed by atoms with Crippen molar-refractivity contribution in [3.05, 3.63) is 12.2 Å². The molecule has 1 saturated carbocycles. The summed E-state index contributed by atoms with van der Waals surface area (Å²) < 4.78 is 0. The molecule has 3 heteroatoms. The Morgan fingerprint density at radius 3 is 2.64 bits per heavy atom. The van der Waals surface area contributed by atoms with Crippen LogP contribution in [-0.2, 0) is 4.79 Å². The molecule has 0 amide bonds. The van der Waals surface area contributed by atoms with E-state index >= 15 is 0 Å². The molecule has 1 aliphatic rings. The van der Waals surface area contributed by atoms with E-state index in [2.05, 4.69) is 0 Å². The molecule has 0 aromatic rings. The predicted molar refractivity (Wildman–Crippen MR) is 42.1 cm³/mol. The van der Waals surface area contributed by atoms with Gasteiger partial charge in [-0.25, -0.2) is 0 Å². The lowest BCUT2D eigenvalue weighted by Crippen LogP contribution is -2.57. The van der Waals surface area contributed by atoms with Gasteiger partial charge >= 0.3 is 5.97 Å². The van der Waals surface area contributed by atoms with Crippen LogP contribution in [0, 0.1) is 5.92 Å². The molecule has 0 spiro atoms. The van der Waals surface area contributed by atoms with Gasteiger partial charge in [0.1, 0.15) is 5.54 Å². The van der Waals surface area contributed by atoms with Crippen molar-refractivity contribution in [1.82, 2.24) is 0 Å². The summed E-state index contributed by atoms with van der Waals surface area (Å²) in [4.78, 5) is 10.5. The van der Waals surface area contributed by atoms with Crippen LogP contribution in [0.5, 0.6) is 0 Å². The van der Waals surface area contributed by atoms with E-state index in [0.717, 1.165) is 0 Å². The lowest BCUT2D eigenvalue weighted by atomic mass is 9.69. The van der Waals surface area contributed by atoms with Crippen molar-refractivity contribution in [3.8, 4) is 0 Å². The summed E-state index contributed by atoms with van der Waals surface area (Å²) in [6.07, 6.45) is 5.10. The van der Waals surface area contributed by atoms with Gasteiger partial charge in [-0.2, -0.15) is 0 Å². The first-order valence-corrected chi connectivity index (χ1v) is 3.73. The van der Waals surface area contributed by atoms with Gasteiger partial charge in [-0.1, -0.05) is 12.2 Å². The summed E-state index contributed by atoms with van der Waals surface area (Å²) in [5.41, 5.74) is 4.59. The second-order valence-electron chi connectivity index (χ2n) is 3.16. The van der Waals surface area contributed by atoms with Crippen LogP contribution in [0.4, 0.5) is 0 Å². The largest absolute Gasteiger partial charge is 0.480 e. The van der Waals surface area contributed by atoms with Crippen molar-refractivity contribution in [3.63, 3.8) is 0 Å². The molecule has 11 heavy (non-hydrogen) atoms. The molecular formula is C8H13NO2. The number of carboxylic acids is 1. The van der Waals surface area contributed by atoms with Crippen LogP contribution in [0.25, 0.3) is 0 Å². The van der Waals surface area contributed by atoms with E-state index < -0.39 is 11.5 Å². The van der Waals surface area contributed by atoms with Crippen molar-refractivity contribution >= 4 is 5.97 Å². The van der Waals surface area contributed by atoms with Gasteiger partial charge in [0, 0.05) is 0 Å². The fraction of sp³-hybridized carbons (Fsp3) is 0.625. The Bertz CT molecular complexity index is 192. The molecule has 1 rings (SSSR count). The number of carbonyl (C=O) groups is 1. The first-order chi connectivity index (χ1) is 5.08. The van der Waals surface area contributed by atoms with Crippen molar-refractivity contribution < 1.29 is 9.90 Å². The molecule has 1 aliphatic carbocycles. The van der Waals surface area contributed by atoms with Gasteiger partial charge in [-0.3, -0.25) is 4.79 Å². The fourth-order valence-corrected chi connectivity index (χ4v) is 1.46. The second-order valence-corrected chi connectivity index (χ2v) is 3.16. The average Bonchev–Trinajstić information content (AvgIpc) is 1.84. The van der Waals surface area contributed by atoms with E-state index in [0.29, 0.717) is 18.8 Å². The van der Waals surface area contributed by atoms with Crippen LogP contribution in [-0.4, -0.2) is 16.6 Å². The van der Waals surface area contributed by atoms with Gasteiger partial charge in [0.2, 0.25) is 0 Å². The third kappa shape index (κ3) is 1.43. The second kappa shape index (κ2) is 2.66. The Hall–Kier alpha value is -0.830. The summed E-state index contributed by atoms with van der Waals surface area (Å²) >= 11 is 0. The highest BCUT2D eigenvalue weighted by Gasteiger charge is 2.45. The Balaban J connectivity index is 2.44. The molecule has 3 nitrogen and oxygen atoms in total. The standard InChI is InChI=1S/C8H13NO2/c1-2-3-6-4-8(9,5-6)7(10)11/h2-3,6H,4-5,9H2,1H3,(H,10,11)/b3-2+. The molecule has 0 unspecified atom stereocenters. The van der Waals surface area contributed by atoms with Crippen LogP contribution in [0.1, 0.15) is 19.8 Å².